The van der Waals surface area contributed by atoms with E-state index in [1.807, 2.05) is 18.2 Å². The Morgan fingerprint density at radius 3 is 2.86 bits per heavy atom. The summed E-state index contributed by atoms with van der Waals surface area (Å²) in [5.74, 6) is 0.535. The number of anilines is 1. The number of halogens is 1. The van der Waals surface area contributed by atoms with Crippen LogP contribution in [-0.4, -0.2) is 22.7 Å². The van der Waals surface area contributed by atoms with Gasteiger partial charge in [0.2, 0.25) is 6.79 Å². The second-order valence-corrected chi connectivity index (χ2v) is 7.40. The fourth-order valence-corrected chi connectivity index (χ4v) is 4.06. The second kappa shape index (κ2) is 7.14. The summed E-state index contributed by atoms with van der Waals surface area (Å²) in [7, 11) is 0. The molecular formula is C21H14FN3O3S. The Balaban J connectivity index is 1.56. The lowest BCUT2D eigenvalue weighted by molar-refractivity contribution is 0.0984. The molecule has 0 atom stereocenters. The van der Waals surface area contributed by atoms with Crippen LogP contribution in [0.5, 0.6) is 11.5 Å². The lowest BCUT2D eigenvalue weighted by Crippen LogP contribution is -2.30. The van der Waals surface area contributed by atoms with Crippen molar-refractivity contribution in [3.63, 3.8) is 0 Å². The summed E-state index contributed by atoms with van der Waals surface area (Å²) in [4.78, 5) is 23.8. The molecule has 1 amide bonds. The molecule has 5 rings (SSSR count). The van der Waals surface area contributed by atoms with Crippen LogP contribution in [0, 0.1) is 5.82 Å². The summed E-state index contributed by atoms with van der Waals surface area (Å²) in [6.45, 7) is 0.366. The van der Waals surface area contributed by atoms with Crippen molar-refractivity contribution in [2.24, 2.45) is 0 Å². The fraction of sp³-hybridized carbons (Fsp3) is 0.0952. The molecule has 1 aliphatic heterocycles. The lowest BCUT2D eigenvalue weighted by atomic mass is 10.1. The number of rotatable bonds is 4. The molecule has 1 aliphatic rings. The number of hydrogen-bond donors (Lipinski definition) is 0. The molecular weight excluding hydrogens is 393 g/mol. The molecule has 0 saturated carbocycles. The number of amides is 1. The highest BCUT2D eigenvalue weighted by Gasteiger charge is 2.24. The van der Waals surface area contributed by atoms with E-state index in [9.17, 15) is 9.18 Å². The van der Waals surface area contributed by atoms with Gasteiger partial charge in [-0.25, -0.2) is 9.37 Å². The van der Waals surface area contributed by atoms with Crippen molar-refractivity contribution in [2.75, 3.05) is 11.7 Å². The smallest absolute Gasteiger partial charge is 0.260 e. The Kier molecular flexibility index (Phi) is 4.33. The number of carbonyl (C=O) groups is 1. The van der Waals surface area contributed by atoms with Crippen LogP contribution < -0.4 is 14.4 Å². The number of aromatic nitrogens is 2. The minimum absolute atomic E-state index is 0.133. The van der Waals surface area contributed by atoms with Gasteiger partial charge in [-0.05, 0) is 48.5 Å². The maximum Gasteiger partial charge on any atom is 0.260 e. The first kappa shape index (κ1) is 17.6. The highest BCUT2D eigenvalue weighted by Crippen LogP contribution is 2.35. The molecule has 0 saturated heterocycles. The second-order valence-electron chi connectivity index (χ2n) is 6.39. The average molecular weight is 407 g/mol. The molecule has 0 bridgehead atoms. The first-order chi connectivity index (χ1) is 14.2. The van der Waals surface area contributed by atoms with E-state index in [1.54, 1.807) is 35.4 Å². The van der Waals surface area contributed by atoms with E-state index in [2.05, 4.69) is 9.97 Å². The van der Waals surface area contributed by atoms with Crippen LogP contribution in [0.3, 0.4) is 0 Å². The molecule has 0 radical (unpaired) electrons. The van der Waals surface area contributed by atoms with Crippen molar-refractivity contribution in [2.45, 2.75) is 6.54 Å². The van der Waals surface area contributed by atoms with Crippen LogP contribution >= 0.6 is 11.3 Å². The highest BCUT2D eigenvalue weighted by molar-refractivity contribution is 7.22. The van der Waals surface area contributed by atoms with Crippen molar-refractivity contribution in [1.82, 2.24) is 9.97 Å². The molecule has 0 N–H and O–H groups in total. The summed E-state index contributed by atoms with van der Waals surface area (Å²) < 4.78 is 25.0. The van der Waals surface area contributed by atoms with Gasteiger partial charge in [0.1, 0.15) is 5.82 Å². The van der Waals surface area contributed by atoms with Crippen molar-refractivity contribution in [3.8, 4) is 11.5 Å². The molecule has 2 aromatic carbocycles. The number of pyridine rings is 1. The Hall–Kier alpha value is -3.52. The Bertz CT molecular complexity index is 1210. The van der Waals surface area contributed by atoms with E-state index in [1.165, 1.54) is 23.5 Å². The molecule has 3 heterocycles. The zero-order valence-electron chi connectivity index (χ0n) is 15.0. The number of carbonyl (C=O) groups excluding carboxylic acids is 1. The van der Waals surface area contributed by atoms with E-state index in [4.69, 9.17) is 9.47 Å². The monoisotopic (exact) mass is 407 g/mol. The van der Waals surface area contributed by atoms with E-state index >= 15 is 0 Å². The minimum atomic E-state index is -0.342. The molecule has 8 heteroatoms. The van der Waals surface area contributed by atoms with Crippen LogP contribution in [0.25, 0.3) is 10.2 Å². The van der Waals surface area contributed by atoms with Gasteiger partial charge in [-0.15, -0.1) is 0 Å². The van der Waals surface area contributed by atoms with Gasteiger partial charge in [0.25, 0.3) is 5.91 Å². The van der Waals surface area contributed by atoms with Crippen molar-refractivity contribution < 1.29 is 18.7 Å². The first-order valence-corrected chi connectivity index (χ1v) is 9.66. The predicted octanol–water partition coefficient (Wildman–Crippen LogP) is 4.41. The molecule has 6 nitrogen and oxygen atoms in total. The van der Waals surface area contributed by atoms with Crippen LogP contribution in [0.1, 0.15) is 16.1 Å². The molecule has 0 unspecified atom stereocenters. The SMILES string of the molecule is O=C(c1ccc2c(c1)OCO2)N(Cc1ccccn1)c1nc2ccc(F)cc2s1. The Morgan fingerprint density at radius 1 is 1.10 bits per heavy atom. The van der Waals surface area contributed by atoms with Crippen LogP contribution in [0.15, 0.2) is 60.8 Å². The fourth-order valence-electron chi connectivity index (χ4n) is 3.07. The predicted molar refractivity (Wildman–Crippen MR) is 107 cm³/mol. The van der Waals surface area contributed by atoms with Gasteiger partial charge in [-0.2, -0.15) is 0 Å². The van der Waals surface area contributed by atoms with Crippen LogP contribution in [0.2, 0.25) is 0 Å². The van der Waals surface area contributed by atoms with Crippen LogP contribution in [0.4, 0.5) is 9.52 Å². The average Bonchev–Trinajstić information content (AvgIpc) is 3.38. The van der Waals surface area contributed by atoms with Gasteiger partial charge in [0, 0.05) is 11.8 Å². The van der Waals surface area contributed by atoms with Gasteiger partial charge in [-0.3, -0.25) is 14.7 Å². The van der Waals surface area contributed by atoms with E-state index < -0.39 is 0 Å². The number of ether oxygens (including phenoxy) is 2. The van der Waals surface area contributed by atoms with Gasteiger partial charge in [0.05, 0.1) is 22.5 Å². The maximum absolute atomic E-state index is 13.6. The normalized spacial score (nSPS) is 12.3. The minimum Gasteiger partial charge on any atom is -0.454 e. The summed E-state index contributed by atoms with van der Waals surface area (Å²) >= 11 is 1.26. The molecule has 0 spiro atoms. The number of thiazole rings is 1. The van der Waals surface area contributed by atoms with Crippen molar-refractivity contribution in [3.05, 3.63) is 77.9 Å². The first-order valence-electron chi connectivity index (χ1n) is 8.85. The standard InChI is InChI=1S/C21H14FN3O3S/c22-14-5-6-16-19(10-14)29-21(24-16)25(11-15-3-1-2-8-23-15)20(26)13-4-7-17-18(9-13)28-12-27-17/h1-10H,11-12H2. The van der Waals surface area contributed by atoms with Crippen molar-refractivity contribution >= 4 is 32.6 Å². The molecule has 144 valence electrons. The maximum atomic E-state index is 13.6. The van der Waals surface area contributed by atoms with Gasteiger partial charge >= 0.3 is 0 Å². The number of fused-ring (bicyclic) bond motifs is 2. The Labute approximate surface area is 169 Å². The highest BCUT2D eigenvalue weighted by atomic mass is 32.1. The molecule has 29 heavy (non-hydrogen) atoms. The summed E-state index contributed by atoms with van der Waals surface area (Å²) in [6, 6.07) is 14.9. The number of nitrogens with zero attached hydrogens (tertiary/aromatic N) is 3. The Morgan fingerprint density at radius 2 is 2.00 bits per heavy atom. The van der Waals surface area contributed by atoms with Crippen LogP contribution in [-0.2, 0) is 6.54 Å². The summed E-state index contributed by atoms with van der Waals surface area (Å²) in [5, 5.41) is 0.471. The third kappa shape index (κ3) is 3.38. The van der Waals surface area contributed by atoms with Crippen molar-refractivity contribution in [1.29, 1.82) is 0 Å². The van der Waals surface area contributed by atoms with Gasteiger partial charge in [0.15, 0.2) is 16.6 Å². The largest absolute Gasteiger partial charge is 0.454 e. The number of benzene rings is 2. The van der Waals surface area contributed by atoms with E-state index in [0.29, 0.717) is 38.1 Å². The lowest BCUT2D eigenvalue weighted by Gasteiger charge is -2.19. The quantitative estimate of drug-likeness (QED) is 0.502. The number of hydrogen-bond acceptors (Lipinski definition) is 6. The van der Waals surface area contributed by atoms with E-state index in [0.717, 1.165) is 0 Å². The third-order valence-corrected chi connectivity index (χ3v) is 5.52. The zero-order chi connectivity index (χ0) is 19.8. The van der Waals surface area contributed by atoms with E-state index in [-0.39, 0.29) is 25.1 Å². The summed E-state index contributed by atoms with van der Waals surface area (Å²) in [6.07, 6.45) is 1.67. The molecule has 4 aromatic rings. The zero-order valence-corrected chi connectivity index (χ0v) is 15.9. The molecule has 2 aromatic heterocycles. The summed E-state index contributed by atoms with van der Waals surface area (Å²) in [5.41, 5.74) is 1.79. The third-order valence-electron chi connectivity index (χ3n) is 4.48. The van der Waals surface area contributed by atoms with Gasteiger partial charge < -0.3 is 9.47 Å². The molecule has 0 aliphatic carbocycles. The topological polar surface area (TPSA) is 64.6 Å². The van der Waals surface area contributed by atoms with Gasteiger partial charge in [-0.1, -0.05) is 17.4 Å². The molecule has 0 fully saturated rings.